The van der Waals surface area contributed by atoms with Crippen LogP contribution < -0.4 is 5.32 Å². The third-order valence-corrected chi connectivity index (χ3v) is 6.24. The molecule has 0 atom stereocenters. The maximum absolute atomic E-state index is 12.7. The zero-order chi connectivity index (χ0) is 24.0. The van der Waals surface area contributed by atoms with Gasteiger partial charge in [-0.25, -0.2) is 4.79 Å². The second-order valence-electron chi connectivity index (χ2n) is 7.23. The van der Waals surface area contributed by atoms with Crippen molar-refractivity contribution >= 4 is 63.6 Å². The van der Waals surface area contributed by atoms with Gasteiger partial charge in [-0.05, 0) is 61.4 Å². The summed E-state index contributed by atoms with van der Waals surface area (Å²) in [6.07, 6.45) is 2.39. The number of amides is 2. The Morgan fingerprint density at radius 1 is 1.06 bits per heavy atom. The summed E-state index contributed by atoms with van der Waals surface area (Å²) in [4.78, 5) is 49.8. The number of nitrogens with zero attached hydrogens (tertiary/aromatic N) is 1. The first-order chi connectivity index (χ1) is 15.8. The molecule has 0 aliphatic carbocycles. The average molecular weight is 483 g/mol. The minimum absolute atomic E-state index is 0.0383. The van der Waals surface area contributed by atoms with Crippen molar-refractivity contribution in [2.45, 2.75) is 19.8 Å². The second-order valence-corrected chi connectivity index (χ2v) is 8.91. The number of thioether (sulfide) groups is 1. The Labute approximate surface area is 201 Å². The lowest BCUT2D eigenvalue weighted by Crippen LogP contribution is -2.29. The molecule has 2 amide bonds. The molecule has 0 radical (unpaired) electrons. The lowest BCUT2D eigenvalue weighted by molar-refractivity contribution is -0.122. The first-order valence-corrected chi connectivity index (χ1v) is 11.4. The zero-order valence-electron chi connectivity index (χ0n) is 18.1. The van der Waals surface area contributed by atoms with E-state index in [9.17, 15) is 19.2 Å². The van der Waals surface area contributed by atoms with Crippen LogP contribution in [0.4, 0.5) is 5.69 Å². The molecule has 7 nitrogen and oxygen atoms in total. The van der Waals surface area contributed by atoms with Gasteiger partial charge in [-0.1, -0.05) is 36.1 Å². The molecule has 3 rings (SSSR count). The van der Waals surface area contributed by atoms with Gasteiger partial charge in [0.15, 0.2) is 5.78 Å². The van der Waals surface area contributed by atoms with Crippen LogP contribution in [0, 0.1) is 0 Å². The number of thiocarbonyl (C=S) groups is 1. The van der Waals surface area contributed by atoms with E-state index in [4.69, 9.17) is 12.2 Å². The van der Waals surface area contributed by atoms with Gasteiger partial charge in [0.2, 0.25) is 5.91 Å². The molecule has 1 heterocycles. The smallest absolute Gasteiger partial charge is 0.337 e. The van der Waals surface area contributed by atoms with Crippen LogP contribution in [-0.4, -0.2) is 46.4 Å². The fraction of sp³-hybridized carbons (Fsp3) is 0.208. The Morgan fingerprint density at radius 3 is 2.30 bits per heavy atom. The Balaban J connectivity index is 1.52. The minimum Gasteiger partial charge on any atom is -0.465 e. The van der Waals surface area contributed by atoms with Crippen molar-refractivity contribution in [1.82, 2.24) is 4.90 Å². The van der Waals surface area contributed by atoms with E-state index < -0.39 is 5.97 Å². The molecule has 1 N–H and O–H groups in total. The van der Waals surface area contributed by atoms with Crippen LogP contribution in [0.15, 0.2) is 53.4 Å². The maximum Gasteiger partial charge on any atom is 0.337 e. The van der Waals surface area contributed by atoms with Crippen LogP contribution in [0.5, 0.6) is 0 Å². The van der Waals surface area contributed by atoms with Gasteiger partial charge in [-0.15, -0.1) is 0 Å². The first kappa shape index (κ1) is 24.3. The van der Waals surface area contributed by atoms with Gasteiger partial charge in [-0.2, -0.15) is 0 Å². The highest BCUT2D eigenvalue weighted by Gasteiger charge is 2.31. The summed E-state index contributed by atoms with van der Waals surface area (Å²) in [6, 6.07) is 13.4. The third kappa shape index (κ3) is 6.36. The largest absolute Gasteiger partial charge is 0.465 e. The summed E-state index contributed by atoms with van der Waals surface area (Å²) in [5.74, 6) is -0.854. The van der Waals surface area contributed by atoms with Crippen LogP contribution in [0.25, 0.3) is 6.08 Å². The number of ketones is 1. The van der Waals surface area contributed by atoms with Gasteiger partial charge in [0.25, 0.3) is 5.91 Å². The number of rotatable bonds is 8. The van der Waals surface area contributed by atoms with Crippen molar-refractivity contribution in [1.29, 1.82) is 0 Å². The van der Waals surface area contributed by atoms with Crippen molar-refractivity contribution in [3.05, 3.63) is 70.1 Å². The number of anilines is 1. The number of hydrogen-bond donors (Lipinski definition) is 1. The van der Waals surface area contributed by atoms with Crippen LogP contribution >= 0.6 is 24.0 Å². The van der Waals surface area contributed by atoms with E-state index in [2.05, 4.69) is 10.1 Å². The van der Waals surface area contributed by atoms with Gasteiger partial charge in [0.05, 0.1) is 17.6 Å². The molecule has 1 saturated heterocycles. The van der Waals surface area contributed by atoms with Gasteiger partial charge >= 0.3 is 5.97 Å². The predicted molar refractivity (Wildman–Crippen MR) is 132 cm³/mol. The highest BCUT2D eigenvalue weighted by molar-refractivity contribution is 8.26. The van der Waals surface area contributed by atoms with Crippen LogP contribution in [0.1, 0.15) is 46.0 Å². The lowest BCUT2D eigenvalue weighted by atomic mass is 10.1. The number of methoxy groups -OCH3 is 1. The van der Waals surface area contributed by atoms with E-state index >= 15 is 0 Å². The first-order valence-electron chi connectivity index (χ1n) is 10.1. The molecular formula is C24H22N2O5S2. The number of carbonyl (C=O) groups excluding carboxylic acids is 4. The Morgan fingerprint density at radius 2 is 1.70 bits per heavy atom. The quantitative estimate of drug-likeness (QED) is 0.260. The normalized spacial score (nSPS) is 14.5. The monoisotopic (exact) mass is 482 g/mol. The zero-order valence-corrected chi connectivity index (χ0v) is 19.8. The molecule has 170 valence electrons. The molecular weight excluding hydrogens is 460 g/mol. The maximum atomic E-state index is 12.7. The van der Waals surface area contributed by atoms with Crippen molar-refractivity contribution < 1.29 is 23.9 Å². The molecule has 1 fully saturated rings. The summed E-state index contributed by atoms with van der Waals surface area (Å²) in [6.45, 7) is 1.82. The van der Waals surface area contributed by atoms with Crippen LogP contribution in [-0.2, 0) is 14.3 Å². The molecule has 2 aromatic rings. The summed E-state index contributed by atoms with van der Waals surface area (Å²) in [7, 11) is 1.32. The standard InChI is InChI=1S/C24H22N2O5S2/c1-15(27)17-9-11-19(12-10-17)25-21(28)4-3-13-26-22(29)20(33-24(26)32)14-16-5-7-18(8-6-16)23(30)31-2/h5-12,14H,3-4,13H2,1-2H3,(H,25,28)/b20-14-. The minimum atomic E-state index is -0.426. The molecule has 1 aliphatic rings. The molecule has 1 aliphatic heterocycles. The third-order valence-electron chi connectivity index (χ3n) is 4.86. The Bertz CT molecular complexity index is 1120. The number of esters is 1. The molecule has 0 aromatic heterocycles. The molecule has 9 heteroatoms. The number of ether oxygens (including phenoxy) is 1. The van der Waals surface area contributed by atoms with E-state index in [1.807, 2.05) is 0 Å². The number of benzene rings is 2. The predicted octanol–water partition coefficient (Wildman–Crippen LogP) is 4.30. The van der Waals surface area contributed by atoms with Crippen molar-refractivity contribution in [2.24, 2.45) is 0 Å². The summed E-state index contributed by atoms with van der Waals surface area (Å²) in [5, 5.41) is 2.78. The fourth-order valence-electron chi connectivity index (χ4n) is 3.09. The van der Waals surface area contributed by atoms with E-state index in [1.165, 1.54) is 30.7 Å². The molecule has 0 spiro atoms. The molecule has 33 heavy (non-hydrogen) atoms. The number of nitrogens with one attached hydrogen (secondary N) is 1. The summed E-state index contributed by atoms with van der Waals surface area (Å²) >= 11 is 6.54. The van der Waals surface area contributed by atoms with Gasteiger partial charge in [-0.3, -0.25) is 19.3 Å². The highest BCUT2D eigenvalue weighted by Crippen LogP contribution is 2.32. The highest BCUT2D eigenvalue weighted by atomic mass is 32.2. The second kappa shape index (κ2) is 11.0. The molecule has 0 saturated carbocycles. The fourth-order valence-corrected chi connectivity index (χ4v) is 4.40. The number of hydrogen-bond acceptors (Lipinski definition) is 7. The number of Topliss-reactive ketones (excluding diaryl/α,β-unsaturated/α-hetero) is 1. The average Bonchev–Trinajstić information content (AvgIpc) is 3.06. The molecule has 0 unspecified atom stereocenters. The SMILES string of the molecule is COC(=O)c1ccc(/C=C2\SC(=S)N(CCCC(=O)Nc3ccc(C(C)=O)cc3)C2=O)cc1. The van der Waals surface area contributed by atoms with Gasteiger partial charge in [0.1, 0.15) is 4.32 Å². The molecule has 0 bridgehead atoms. The van der Waals surface area contributed by atoms with Crippen molar-refractivity contribution in [3.8, 4) is 0 Å². The summed E-state index contributed by atoms with van der Waals surface area (Å²) < 4.78 is 5.12. The van der Waals surface area contributed by atoms with E-state index in [-0.39, 0.29) is 24.0 Å². The van der Waals surface area contributed by atoms with Gasteiger partial charge < -0.3 is 10.1 Å². The lowest BCUT2D eigenvalue weighted by Gasteiger charge is -2.14. The molecule has 2 aromatic carbocycles. The number of carbonyl (C=O) groups is 4. The Kier molecular flexibility index (Phi) is 8.13. The van der Waals surface area contributed by atoms with Crippen LogP contribution in [0.3, 0.4) is 0 Å². The van der Waals surface area contributed by atoms with Gasteiger partial charge in [0, 0.05) is 24.2 Å². The van der Waals surface area contributed by atoms with E-state index in [0.29, 0.717) is 39.0 Å². The topological polar surface area (TPSA) is 92.8 Å². The summed E-state index contributed by atoms with van der Waals surface area (Å²) in [5.41, 5.74) is 2.38. The van der Waals surface area contributed by atoms with Crippen molar-refractivity contribution in [2.75, 3.05) is 19.0 Å². The van der Waals surface area contributed by atoms with E-state index in [0.717, 1.165) is 5.56 Å². The van der Waals surface area contributed by atoms with Crippen LogP contribution in [0.2, 0.25) is 0 Å². The van der Waals surface area contributed by atoms with Crippen molar-refractivity contribution in [3.63, 3.8) is 0 Å². The Hall–Kier alpha value is -3.30. The van der Waals surface area contributed by atoms with E-state index in [1.54, 1.807) is 54.6 Å².